The molecule has 3 nitrogen and oxygen atoms in total. The van der Waals surface area contributed by atoms with E-state index in [2.05, 4.69) is 24.3 Å². The Hall–Kier alpha value is -2.42. The van der Waals surface area contributed by atoms with Crippen molar-refractivity contribution < 1.29 is 9.59 Å². The first-order chi connectivity index (χ1) is 12.6. The number of Topliss-reactive ketones (excluding diaryl/α,β-unsaturated/α-hetero) is 1. The second-order valence-corrected chi connectivity index (χ2v) is 7.52. The Morgan fingerprint density at radius 1 is 0.962 bits per heavy atom. The van der Waals surface area contributed by atoms with E-state index in [-0.39, 0.29) is 30.6 Å². The molecule has 0 heterocycles. The van der Waals surface area contributed by atoms with Gasteiger partial charge in [0.2, 0.25) is 5.91 Å². The molecule has 2 aliphatic rings. The number of hydrogen-bond donors (Lipinski definition) is 0. The molecule has 4 rings (SSSR count). The topological polar surface area (TPSA) is 37.4 Å². The lowest BCUT2D eigenvalue weighted by Gasteiger charge is -2.25. The Morgan fingerprint density at radius 3 is 2.65 bits per heavy atom. The second-order valence-electron chi connectivity index (χ2n) is 7.52. The van der Waals surface area contributed by atoms with Crippen molar-refractivity contribution in [1.82, 2.24) is 4.90 Å². The Morgan fingerprint density at radius 2 is 1.77 bits per heavy atom. The summed E-state index contributed by atoms with van der Waals surface area (Å²) in [7, 11) is 1.87. The number of carbonyl (C=O) groups excluding carboxylic acids is 2. The standard InChI is InChI=1S/C23H25NO2/c1-24(21-12-11-17-5-2-3-8-20(17)21)23(26)14-13-22(25)19-10-9-16-6-4-7-18(16)15-19/h2-3,5,8-10,15,21H,4,6-7,11-14H2,1H3/t21-/m1/s1. The van der Waals surface area contributed by atoms with Crippen molar-refractivity contribution in [1.29, 1.82) is 0 Å². The molecule has 0 bridgehead atoms. The van der Waals surface area contributed by atoms with Crippen molar-refractivity contribution in [3.63, 3.8) is 0 Å². The first kappa shape index (κ1) is 17.0. The van der Waals surface area contributed by atoms with Crippen LogP contribution in [0.4, 0.5) is 0 Å². The summed E-state index contributed by atoms with van der Waals surface area (Å²) in [5.74, 6) is 0.134. The SMILES string of the molecule is CN(C(=O)CCC(=O)c1ccc2c(c1)CCC2)[C@@H]1CCc2ccccc21. The molecule has 0 aromatic heterocycles. The van der Waals surface area contributed by atoms with Crippen LogP contribution in [0.5, 0.6) is 0 Å². The van der Waals surface area contributed by atoms with E-state index in [9.17, 15) is 9.59 Å². The second kappa shape index (κ2) is 7.06. The van der Waals surface area contributed by atoms with Gasteiger partial charge >= 0.3 is 0 Å². The molecule has 1 atom stereocenters. The highest BCUT2D eigenvalue weighted by Gasteiger charge is 2.28. The maximum atomic E-state index is 12.6. The number of hydrogen-bond acceptors (Lipinski definition) is 2. The Balaban J connectivity index is 1.37. The highest BCUT2D eigenvalue weighted by molar-refractivity contribution is 5.98. The number of nitrogens with zero attached hydrogens (tertiary/aromatic N) is 1. The average Bonchev–Trinajstić information content (AvgIpc) is 3.31. The molecular weight excluding hydrogens is 322 g/mol. The smallest absolute Gasteiger partial charge is 0.223 e. The van der Waals surface area contributed by atoms with E-state index in [4.69, 9.17) is 0 Å². The highest BCUT2D eigenvalue weighted by Crippen LogP contribution is 2.35. The lowest BCUT2D eigenvalue weighted by atomic mass is 10.0. The molecule has 0 spiro atoms. The average molecular weight is 347 g/mol. The predicted octanol–water partition coefficient (Wildman–Crippen LogP) is 4.28. The van der Waals surface area contributed by atoms with Crippen molar-refractivity contribution in [3.8, 4) is 0 Å². The molecule has 0 radical (unpaired) electrons. The minimum absolute atomic E-state index is 0.0567. The Kier molecular flexibility index (Phi) is 4.62. The Labute approximate surface area is 155 Å². The zero-order chi connectivity index (χ0) is 18.1. The normalized spacial score (nSPS) is 17.7. The van der Waals surface area contributed by atoms with Crippen LogP contribution >= 0.6 is 0 Å². The molecular formula is C23H25NO2. The molecule has 0 aliphatic heterocycles. The van der Waals surface area contributed by atoms with Crippen LogP contribution in [0, 0.1) is 0 Å². The summed E-state index contributed by atoms with van der Waals surface area (Å²) in [5.41, 5.74) is 6.03. The molecule has 0 N–H and O–H groups in total. The van der Waals surface area contributed by atoms with Crippen LogP contribution < -0.4 is 0 Å². The van der Waals surface area contributed by atoms with Crippen LogP contribution in [0.1, 0.15) is 64.3 Å². The number of aryl methyl sites for hydroxylation is 3. The van der Waals surface area contributed by atoms with Gasteiger partial charge in [0, 0.05) is 25.5 Å². The summed E-state index contributed by atoms with van der Waals surface area (Å²) < 4.78 is 0. The molecule has 0 saturated heterocycles. The number of ketones is 1. The fourth-order valence-corrected chi connectivity index (χ4v) is 4.40. The van der Waals surface area contributed by atoms with E-state index in [1.807, 2.05) is 30.1 Å². The molecule has 0 saturated carbocycles. The first-order valence-corrected chi connectivity index (χ1v) is 9.62. The zero-order valence-corrected chi connectivity index (χ0v) is 15.3. The molecule has 0 fully saturated rings. The van der Waals surface area contributed by atoms with Gasteiger partial charge in [0.25, 0.3) is 0 Å². The largest absolute Gasteiger partial charge is 0.339 e. The van der Waals surface area contributed by atoms with Gasteiger partial charge in [0.05, 0.1) is 6.04 Å². The third-order valence-corrected chi connectivity index (χ3v) is 5.95. The van der Waals surface area contributed by atoms with Crippen LogP contribution in [0.3, 0.4) is 0 Å². The van der Waals surface area contributed by atoms with Crippen LogP contribution in [0.2, 0.25) is 0 Å². The van der Waals surface area contributed by atoms with Gasteiger partial charge in [0.15, 0.2) is 5.78 Å². The van der Waals surface area contributed by atoms with E-state index in [0.717, 1.165) is 31.2 Å². The molecule has 2 aromatic carbocycles. The zero-order valence-electron chi connectivity index (χ0n) is 15.3. The first-order valence-electron chi connectivity index (χ1n) is 9.62. The summed E-state index contributed by atoms with van der Waals surface area (Å²) >= 11 is 0. The van der Waals surface area contributed by atoms with E-state index >= 15 is 0 Å². The lowest BCUT2D eigenvalue weighted by Crippen LogP contribution is -2.30. The number of amides is 1. The number of benzene rings is 2. The van der Waals surface area contributed by atoms with Crippen molar-refractivity contribution in [2.45, 2.75) is 51.0 Å². The van der Waals surface area contributed by atoms with Gasteiger partial charge in [-0.05, 0) is 60.4 Å². The van der Waals surface area contributed by atoms with E-state index in [0.29, 0.717) is 0 Å². The number of fused-ring (bicyclic) bond motifs is 2. The summed E-state index contributed by atoms with van der Waals surface area (Å²) in [6.07, 6.45) is 5.93. The lowest BCUT2D eigenvalue weighted by molar-refractivity contribution is -0.132. The van der Waals surface area contributed by atoms with E-state index in [1.165, 1.54) is 28.7 Å². The Bertz CT molecular complexity index is 855. The third-order valence-electron chi connectivity index (χ3n) is 5.95. The van der Waals surface area contributed by atoms with Crippen molar-refractivity contribution in [3.05, 3.63) is 70.3 Å². The van der Waals surface area contributed by atoms with Gasteiger partial charge in [-0.2, -0.15) is 0 Å². The number of carbonyl (C=O) groups is 2. The molecule has 0 unspecified atom stereocenters. The fourth-order valence-electron chi connectivity index (χ4n) is 4.40. The minimum atomic E-state index is 0.0567. The van der Waals surface area contributed by atoms with Crippen LogP contribution in [0.25, 0.3) is 0 Å². The van der Waals surface area contributed by atoms with Crippen molar-refractivity contribution in [2.24, 2.45) is 0 Å². The molecule has 2 aliphatic carbocycles. The molecule has 2 aromatic rings. The molecule has 134 valence electrons. The van der Waals surface area contributed by atoms with E-state index in [1.54, 1.807) is 0 Å². The molecule has 3 heteroatoms. The van der Waals surface area contributed by atoms with Gasteiger partial charge in [-0.1, -0.05) is 36.4 Å². The summed E-state index contributed by atoms with van der Waals surface area (Å²) in [4.78, 5) is 27.0. The van der Waals surface area contributed by atoms with Crippen LogP contribution in [-0.4, -0.2) is 23.6 Å². The molecule has 1 amide bonds. The van der Waals surface area contributed by atoms with Gasteiger partial charge in [-0.15, -0.1) is 0 Å². The summed E-state index contributed by atoms with van der Waals surface area (Å²) in [6.45, 7) is 0. The summed E-state index contributed by atoms with van der Waals surface area (Å²) in [6, 6.07) is 14.5. The predicted molar refractivity (Wildman–Crippen MR) is 102 cm³/mol. The van der Waals surface area contributed by atoms with Gasteiger partial charge in [-0.3, -0.25) is 9.59 Å². The quantitative estimate of drug-likeness (QED) is 0.757. The van der Waals surface area contributed by atoms with Gasteiger partial charge in [0.1, 0.15) is 0 Å². The van der Waals surface area contributed by atoms with Crippen molar-refractivity contribution in [2.75, 3.05) is 7.05 Å². The monoisotopic (exact) mass is 347 g/mol. The third kappa shape index (κ3) is 3.18. The summed E-state index contributed by atoms with van der Waals surface area (Å²) in [5, 5.41) is 0. The van der Waals surface area contributed by atoms with Gasteiger partial charge in [-0.25, -0.2) is 0 Å². The van der Waals surface area contributed by atoms with Crippen LogP contribution in [-0.2, 0) is 24.1 Å². The van der Waals surface area contributed by atoms with E-state index < -0.39 is 0 Å². The minimum Gasteiger partial charge on any atom is -0.339 e. The van der Waals surface area contributed by atoms with Gasteiger partial charge < -0.3 is 4.90 Å². The maximum absolute atomic E-state index is 12.6. The van der Waals surface area contributed by atoms with Crippen LogP contribution in [0.15, 0.2) is 42.5 Å². The highest BCUT2D eigenvalue weighted by atomic mass is 16.2. The maximum Gasteiger partial charge on any atom is 0.223 e. The fraction of sp³-hybridized carbons (Fsp3) is 0.391. The number of rotatable bonds is 5. The molecule has 26 heavy (non-hydrogen) atoms. The van der Waals surface area contributed by atoms with Crippen molar-refractivity contribution >= 4 is 11.7 Å².